The van der Waals surface area contributed by atoms with E-state index in [0.717, 1.165) is 18.6 Å². The highest BCUT2D eigenvalue weighted by Crippen LogP contribution is 1.98. The summed E-state index contributed by atoms with van der Waals surface area (Å²) in [5.74, 6) is 0. The van der Waals surface area contributed by atoms with E-state index in [1.165, 1.54) is 25.5 Å². The summed E-state index contributed by atoms with van der Waals surface area (Å²) in [6, 6.07) is 3.75. The van der Waals surface area contributed by atoms with Crippen molar-refractivity contribution in [2.45, 2.75) is 39.3 Å². The van der Waals surface area contributed by atoms with Gasteiger partial charge in [-0.1, -0.05) is 31.3 Å². The lowest BCUT2D eigenvalue weighted by Gasteiger charge is -2.00. The molecule has 0 aromatic carbocycles. The van der Waals surface area contributed by atoms with E-state index in [1.807, 2.05) is 29.1 Å². The van der Waals surface area contributed by atoms with E-state index in [0.29, 0.717) is 6.73 Å². The molecule has 0 radical (unpaired) electrons. The summed E-state index contributed by atoms with van der Waals surface area (Å²) in [4.78, 5) is 0. The predicted molar refractivity (Wildman–Crippen MR) is 66.1 cm³/mol. The number of hydrogen-bond donors (Lipinski definition) is 1. The zero-order chi connectivity index (χ0) is 12.3. The van der Waals surface area contributed by atoms with Crippen LogP contribution in [0.1, 0.15) is 38.2 Å². The molecule has 0 saturated heterocycles. The van der Waals surface area contributed by atoms with Gasteiger partial charge >= 0.3 is 0 Å². The Morgan fingerprint density at radius 2 is 2.00 bits per heavy atom. The van der Waals surface area contributed by atoms with E-state index in [2.05, 4.69) is 12.1 Å². The molecule has 0 bridgehead atoms. The molecule has 0 unspecified atom stereocenters. The van der Waals surface area contributed by atoms with Crippen LogP contribution in [0.5, 0.6) is 0 Å². The number of halogens is 1. The number of ether oxygens (including phenoxy) is 1. The number of oxime groups is 1. The maximum Gasteiger partial charge on any atom is 0.252 e. The summed E-state index contributed by atoms with van der Waals surface area (Å²) in [5.41, 5.74) is 0.867. The van der Waals surface area contributed by atoms with Crippen LogP contribution < -0.4 is 17.0 Å². The molecule has 0 spiro atoms. The van der Waals surface area contributed by atoms with Gasteiger partial charge in [-0.2, -0.15) is 4.57 Å². The quantitative estimate of drug-likeness (QED) is 0.225. The molecule has 0 aliphatic rings. The zero-order valence-electron chi connectivity index (χ0n) is 10.8. The summed E-state index contributed by atoms with van der Waals surface area (Å²) in [6.45, 7) is 3.59. The van der Waals surface area contributed by atoms with E-state index < -0.39 is 0 Å². The monoisotopic (exact) mass is 272 g/mol. The van der Waals surface area contributed by atoms with Crippen LogP contribution in [0.3, 0.4) is 0 Å². The van der Waals surface area contributed by atoms with Crippen molar-refractivity contribution in [3.05, 3.63) is 30.1 Å². The Balaban J connectivity index is 0.00000289. The molecule has 1 heterocycles. The molecular formula is C13H21ClN2O2. The van der Waals surface area contributed by atoms with Crippen LogP contribution in [0.2, 0.25) is 0 Å². The van der Waals surface area contributed by atoms with Crippen molar-refractivity contribution in [1.29, 1.82) is 0 Å². The van der Waals surface area contributed by atoms with Gasteiger partial charge < -0.3 is 22.4 Å². The highest BCUT2D eigenvalue weighted by atomic mass is 35.5. The molecule has 5 heteroatoms. The van der Waals surface area contributed by atoms with Crippen LogP contribution in [-0.4, -0.2) is 18.0 Å². The van der Waals surface area contributed by atoms with Gasteiger partial charge in [-0.3, -0.25) is 0 Å². The van der Waals surface area contributed by atoms with Crippen LogP contribution in [-0.2, 0) is 11.5 Å². The van der Waals surface area contributed by atoms with Crippen molar-refractivity contribution in [2.24, 2.45) is 5.16 Å². The fourth-order valence-electron chi connectivity index (χ4n) is 1.51. The molecule has 4 nitrogen and oxygen atoms in total. The number of hydrogen-bond acceptors (Lipinski definition) is 3. The second kappa shape index (κ2) is 11.0. The fourth-order valence-corrected chi connectivity index (χ4v) is 1.51. The lowest BCUT2D eigenvalue weighted by Crippen LogP contribution is -3.00. The molecule has 0 saturated carbocycles. The Morgan fingerprint density at radius 3 is 2.61 bits per heavy atom. The van der Waals surface area contributed by atoms with E-state index in [4.69, 9.17) is 9.94 Å². The first-order valence-corrected chi connectivity index (χ1v) is 6.11. The Morgan fingerprint density at radius 1 is 1.28 bits per heavy atom. The van der Waals surface area contributed by atoms with Crippen LogP contribution in [0.15, 0.2) is 29.7 Å². The highest BCUT2D eigenvalue weighted by molar-refractivity contribution is 5.78. The average Bonchev–Trinajstić information content (AvgIpc) is 2.36. The van der Waals surface area contributed by atoms with E-state index >= 15 is 0 Å². The zero-order valence-corrected chi connectivity index (χ0v) is 11.5. The summed E-state index contributed by atoms with van der Waals surface area (Å²) < 4.78 is 7.50. The first-order valence-electron chi connectivity index (χ1n) is 6.11. The minimum absolute atomic E-state index is 0. The normalized spacial score (nSPS) is 10.5. The third-order valence-electron chi connectivity index (χ3n) is 2.51. The summed E-state index contributed by atoms with van der Waals surface area (Å²) in [7, 11) is 0. The van der Waals surface area contributed by atoms with Crippen molar-refractivity contribution < 1.29 is 26.9 Å². The number of unbranched alkanes of at least 4 members (excludes halogenated alkanes) is 3. The van der Waals surface area contributed by atoms with Gasteiger partial charge in [0.15, 0.2) is 12.4 Å². The molecule has 18 heavy (non-hydrogen) atoms. The Kier molecular flexibility index (Phi) is 10.3. The van der Waals surface area contributed by atoms with Crippen LogP contribution in [0.4, 0.5) is 0 Å². The average molecular weight is 273 g/mol. The number of rotatable bonds is 8. The predicted octanol–water partition coefficient (Wildman–Crippen LogP) is -0.659. The molecular weight excluding hydrogens is 252 g/mol. The smallest absolute Gasteiger partial charge is 0.252 e. The third-order valence-corrected chi connectivity index (χ3v) is 2.51. The molecule has 1 aromatic heterocycles. The van der Waals surface area contributed by atoms with E-state index in [1.54, 1.807) is 0 Å². The molecule has 1 N–H and O–H groups in total. The number of aromatic nitrogens is 1. The van der Waals surface area contributed by atoms with Crippen molar-refractivity contribution in [3.63, 3.8) is 0 Å². The number of nitrogens with zero attached hydrogens (tertiary/aromatic N) is 2. The van der Waals surface area contributed by atoms with Crippen molar-refractivity contribution in [1.82, 2.24) is 0 Å². The molecule has 1 rings (SSSR count). The van der Waals surface area contributed by atoms with Gasteiger partial charge in [-0.05, 0) is 6.42 Å². The molecule has 0 fully saturated rings. The minimum atomic E-state index is 0. The standard InChI is InChI=1S/C13H20N2O2.ClH/c1-2-3-4-5-10-17-12-15-8-6-13(7-9-15)11-14-16;/h6-9,11H,2-5,10,12H2,1H3;1H. The minimum Gasteiger partial charge on any atom is -1.00 e. The molecule has 102 valence electrons. The summed E-state index contributed by atoms with van der Waals surface area (Å²) in [5, 5.41) is 11.3. The van der Waals surface area contributed by atoms with E-state index in [9.17, 15) is 0 Å². The molecule has 0 aliphatic heterocycles. The SMILES string of the molecule is CCCCCCOC[n+]1ccc(/C=N/O)cc1.[Cl-]. The van der Waals surface area contributed by atoms with Gasteiger partial charge in [0.25, 0.3) is 6.73 Å². The van der Waals surface area contributed by atoms with E-state index in [-0.39, 0.29) is 12.4 Å². The molecule has 0 atom stereocenters. The topological polar surface area (TPSA) is 45.7 Å². The number of pyridine rings is 1. The van der Waals surface area contributed by atoms with Crippen LogP contribution >= 0.6 is 0 Å². The van der Waals surface area contributed by atoms with Gasteiger partial charge in [0.05, 0.1) is 12.8 Å². The lowest BCUT2D eigenvalue weighted by atomic mass is 10.2. The Bertz CT molecular complexity index is 328. The fraction of sp³-hybridized carbons (Fsp3) is 0.538. The molecule has 1 aromatic rings. The van der Waals surface area contributed by atoms with Crippen LogP contribution in [0, 0.1) is 0 Å². The summed E-state index contributed by atoms with van der Waals surface area (Å²) >= 11 is 0. The van der Waals surface area contributed by atoms with Gasteiger partial charge in [0, 0.05) is 17.7 Å². The first-order chi connectivity index (χ1) is 8.36. The maximum atomic E-state index is 8.37. The third kappa shape index (κ3) is 7.25. The van der Waals surface area contributed by atoms with Crippen molar-refractivity contribution in [2.75, 3.05) is 6.61 Å². The van der Waals surface area contributed by atoms with Gasteiger partial charge in [0.2, 0.25) is 0 Å². The Hall–Kier alpha value is -1.13. The van der Waals surface area contributed by atoms with Gasteiger partial charge in [-0.25, -0.2) is 0 Å². The second-order valence-electron chi connectivity index (χ2n) is 3.99. The van der Waals surface area contributed by atoms with Gasteiger partial charge in [0.1, 0.15) is 0 Å². The highest BCUT2D eigenvalue weighted by Gasteiger charge is 1.99. The molecule has 0 amide bonds. The largest absolute Gasteiger partial charge is 1.00 e. The first kappa shape index (κ1) is 16.9. The van der Waals surface area contributed by atoms with Crippen molar-refractivity contribution in [3.8, 4) is 0 Å². The van der Waals surface area contributed by atoms with Crippen LogP contribution in [0.25, 0.3) is 0 Å². The maximum absolute atomic E-state index is 8.37. The lowest BCUT2D eigenvalue weighted by molar-refractivity contribution is -0.732. The summed E-state index contributed by atoms with van der Waals surface area (Å²) in [6.07, 6.45) is 10.1. The van der Waals surface area contributed by atoms with Gasteiger partial charge in [-0.15, -0.1) is 0 Å². The second-order valence-corrected chi connectivity index (χ2v) is 3.99. The van der Waals surface area contributed by atoms with Crippen molar-refractivity contribution >= 4 is 6.21 Å². The molecule has 0 aliphatic carbocycles. The Labute approximate surface area is 115 Å².